The molecule has 4 aliphatic carbocycles. The van der Waals surface area contributed by atoms with Gasteiger partial charge in [-0.1, -0.05) is 15.9 Å². The zero-order valence-corrected chi connectivity index (χ0v) is 8.44. The van der Waals surface area contributed by atoms with Crippen LogP contribution in [0, 0.1) is 17.8 Å². The van der Waals surface area contributed by atoms with Crippen molar-refractivity contribution in [2.24, 2.45) is 17.8 Å². The summed E-state index contributed by atoms with van der Waals surface area (Å²) in [4.78, 5) is 0. The van der Waals surface area contributed by atoms with E-state index in [1.165, 1.54) is 19.3 Å². The molecule has 0 N–H and O–H groups in total. The fourth-order valence-corrected chi connectivity index (χ4v) is 5.38. The molecule has 2 heteroatoms. The van der Waals surface area contributed by atoms with Gasteiger partial charge in [0, 0.05) is 4.32 Å². The highest BCUT2D eigenvalue weighted by atomic mass is 79.9. The lowest BCUT2D eigenvalue weighted by molar-refractivity contribution is 0.0414. The normalized spacial score (nSPS) is 55.2. The molecule has 0 saturated heterocycles. The summed E-state index contributed by atoms with van der Waals surface area (Å²) < 4.78 is 0.613. The van der Waals surface area contributed by atoms with Crippen LogP contribution >= 0.6 is 15.9 Å². The Labute approximate surface area is 99.1 Å². The Bertz CT molecular complexity index is 155. The molecule has 0 aromatic rings. The van der Waals surface area contributed by atoms with Crippen molar-refractivity contribution >= 4 is 39.0 Å². The summed E-state index contributed by atoms with van der Waals surface area (Å²) in [7, 11) is 0. The van der Waals surface area contributed by atoms with E-state index in [1.807, 2.05) is 0 Å². The largest absolute Gasteiger partial charge is 0.316 e. The smallest absolute Gasteiger partial charge is 0.0853 e. The van der Waals surface area contributed by atoms with Crippen LogP contribution in [-0.2, 0) is 0 Å². The summed E-state index contributed by atoms with van der Waals surface area (Å²) in [5.41, 5.74) is 0. The van der Waals surface area contributed by atoms with Crippen LogP contribution in [0.15, 0.2) is 0 Å². The van der Waals surface area contributed by atoms with Crippen molar-refractivity contribution in [3.05, 3.63) is 0 Å². The van der Waals surface area contributed by atoms with Gasteiger partial charge in [-0.15, -0.1) is 0 Å². The van der Waals surface area contributed by atoms with E-state index in [9.17, 15) is 0 Å². The third-order valence-corrected chi connectivity index (χ3v) is 4.93. The van der Waals surface area contributed by atoms with E-state index < -0.39 is 0 Å². The minimum absolute atomic E-state index is 0. The summed E-state index contributed by atoms with van der Waals surface area (Å²) >= 11 is 3.96. The van der Waals surface area contributed by atoms with Crippen molar-refractivity contribution < 1.29 is 0 Å². The molecule has 0 amide bonds. The summed E-state index contributed by atoms with van der Waals surface area (Å²) in [6.45, 7) is 0. The molecule has 4 rings (SSSR count). The van der Waals surface area contributed by atoms with Gasteiger partial charge in [0.25, 0.3) is 0 Å². The van der Waals surface area contributed by atoms with Crippen molar-refractivity contribution in [3.8, 4) is 0 Å². The van der Waals surface area contributed by atoms with Crippen LogP contribution in [0.5, 0.6) is 0 Å². The first kappa shape index (κ1) is 9.79. The van der Waals surface area contributed by atoms with E-state index in [-0.39, 0.29) is 23.1 Å². The molecule has 66 valence electrons. The number of hydrogen-bond donors (Lipinski definition) is 0. The maximum atomic E-state index is 3.96. The Morgan fingerprint density at radius 1 is 0.833 bits per heavy atom. The summed E-state index contributed by atoms with van der Waals surface area (Å²) in [6.07, 6.45) is 9.14. The van der Waals surface area contributed by atoms with Crippen LogP contribution in [0.4, 0.5) is 0 Å². The first-order valence-electron chi connectivity index (χ1n) is 4.92. The van der Waals surface area contributed by atoms with E-state index in [4.69, 9.17) is 0 Å². The van der Waals surface area contributed by atoms with E-state index in [1.54, 1.807) is 19.3 Å². The van der Waals surface area contributed by atoms with Crippen molar-refractivity contribution in [2.45, 2.75) is 42.8 Å². The third kappa shape index (κ3) is 1.48. The van der Waals surface area contributed by atoms with Gasteiger partial charge in [-0.3, -0.25) is 0 Å². The second-order valence-corrected chi connectivity index (χ2v) is 6.75. The van der Waals surface area contributed by atoms with Gasteiger partial charge >= 0.3 is 23.1 Å². The highest BCUT2D eigenvalue weighted by Gasteiger charge is 2.49. The molecule has 4 aliphatic rings. The highest BCUT2D eigenvalue weighted by molar-refractivity contribution is 9.10. The van der Waals surface area contributed by atoms with Crippen molar-refractivity contribution in [2.75, 3.05) is 0 Å². The molecule has 0 unspecified atom stereocenters. The molecule has 4 fully saturated rings. The van der Waals surface area contributed by atoms with E-state index in [0.29, 0.717) is 4.32 Å². The average molecular weight is 241 g/mol. The molecule has 4 bridgehead atoms. The maximum Gasteiger partial charge on any atom is 0.316 e. The molecule has 0 atom stereocenters. The Morgan fingerprint density at radius 3 is 1.42 bits per heavy atom. The zero-order chi connectivity index (χ0) is 7.47. The van der Waals surface area contributed by atoms with Crippen LogP contribution < -0.4 is 0 Å². The van der Waals surface area contributed by atoms with Crippen LogP contribution in [0.25, 0.3) is 0 Å². The molecule has 0 nitrogen and oxygen atoms in total. The molecular weight excluding hydrogens is 224 g/mol. The van der Waals surface area contributed by atoms with E-state index >= 15 is 0 Å². The predicted molar refractivity (Wildman–Crippen MR) is 58.4 cm³/mol. The Kier molecular flexibility index (Phi) is 2.55. The van der Waals surface area contributed by atoms with Gasteiger partial charge in [0.15, 0.2) is 0 Å². The number of halogens is 1. The average Bonchev–Trinajstić information content (AvgIpc) is 1.79. The van der Waals surface area contributed by atoms with Crippen molar-refractivity contribution in [3.63, 3.8) is 0 Å². The molecule has 0 heterocycles. The highest BCUT2D eigenvalue weighted by Crippen LogP contribution is 2.58. The Balaban J connectivity index is 0.000000563. The van der Waals surface area contributed by atoms with Gasteiger partial charge in [-0.2, -0.15) is 0 Å². The molecular formula is C10H17BrMg. The van der Waals surface area contributed by atoms with E-state index in [0.717, 1.165) is 17.8 Å². The number of hydrogen-bond acceptors (Lipinski definition) is 0. The van der Waals surface area contributed by atoms with E-state index in [2.05, 4.69) is 15.9 Å². The first-order chi connectivity index (χ1) is 5.23. The number of alkyl halides is 1. The lowest BCUT2D eigenvalue weighted by Crippen LogP contribution is -2.46. The Hall–Kier alpha value is 1.25. The second-order valence-electron chi connectivity index (χ2n) is 5.07. The van der Waals surface area contributed by atoms with Gasteiger partial charge in [0.2, 0.25) is 0 Å². The van der Waals surface area contributed by atoms with Gasteiger partial charge < -0.3 is 0 Å². The zero-order valence-electron chi connectivity index (χ0n) is 6.85. The van der Waals surface area contributed by atoms with Gasteiger partial charge in [-0.25, -0.2) is 0 Å². The van der Waals surface area contributed by atoms with Crippen LogP contribution in [-0.4, -0.2) is 27.4 Å². The SMILES string of the molecule is BrC12CC3CC(CC(C3)C1)C2.[MgH2]. The topological polar surface area (TPSA) is 0 Å². The van der Waals surface area contributed by atoms with Crippen molar-refractivity contribution in [1.29, 1.82) is 0 Å². The lowest BCUT2D eigenvalue weighted by Gasteiger charge is -2.54. The van der Waals surface area contributed by atoms with Crippen LogP contribution in [0.1, 0.15) is 38.5 Å². The fraction of sp³-hybridized carbons (Fsp3) is 1.00. The summed E-state index contributed by atoms with van der Waals surface area (Å²) in [5.74, 6) is 3.29. The van der Waals surface area contributed by atoms with Crippen LogP contribution in [0.3, 0.4) is 0 Å². The fourth-order valence-electron chi connectivity index (χ4n) is 4.00. The third-order valence-electron chi connectivity index (χ3n) is 3.96. The standard InChI is InChI=1S/C10H15Br.Mg.2H/c11-10-4-7-1-8(5-10)3-9(2-7)6-10;;;/h7-9H,1-6H2;;;. The molecule has 12 heavy (non-hydrogen) atoms. The van der Waals surface area contributed by atoms with Crippen LogP contribution in [0.2, 0.25) is 0 Å². The van der Waals surface area contributed by atoms with Gasteiger partial charge in [0.05, 0.1) is 0 Å². The maximum absolute atomic E-state index is 3.96. The minimum Gasteiger partial charge on any atom is -0.0853 e. The first-order valence-corrected chi connectivity index (χ1v) is 5.72. The molecule has 0 spiro atoms. The number of rotatable bonds is 0. The summed E-state index contributed by atoms with van der Waals surface area (Å²) in [5, 5.41) is 0. The minimum atomic E-state index is 0. The summed E-state index contributed by atoms with van der Waals surface area (Å²) in [6, 6.07) is 0. The predicted octanol–water partition coefficient (Wildman–Crippen LogP) is 2.43. The van der Waals surface area contributed by atoms with Gasteiger partial charge in [-0.05, 0) is 56.3 Å². The quantitative estimate of drug-likeness (QED) is 0.451. The molecule has 0 aromatic heterocycles. The second kappa shape index (κ2) is 3.13. The Morgan fingerprint density at radius 2 is 1.17 bits per heavy atom. The van der Waals surface area contributed by atoms with Gasteiger partial charge in [0.1, 0.15) is 0 Å². The lowest BCUT2D eigenvalue weighted by atomic mass is 9.56. The van der Waals surface area contributed by atoms with Crippen molar-refractivity contribution in [1.82, 2.24) is 0 Å². The molecule has 0 aromatic carbocycles. The molecule has 0 radical (unpaired) electrons. The monoisotopic (exact) mass is 240 g/mol. The molecule has 4 saturated carbocycles. The molecule has 0 aliphatic heterocycles.